The van der Waals surface area contributed by atoms with Gasteiger partial charge >= 0.3 is 0 Å². The Morgan fingerprint density at radius 1 is 1.25 bits per heavy atom. The fourth-order valence-electron chi connectivity index (χ4n) is 1.90. The van der Waals surface area contributed by atoms with Crippen LogP contribution in [0.2, 0.25) is 10.0 Å². The number of hydrogen-bond acceptors (Lipinski definition) is 2. The molecule has 0 spiro atoms. The summed E-state index contributed by atoms with van der Waals surface area (Å²) in [6.07, 6.45) is 2.70. The molecule has 0 aliphatic carbocycles. The highest BCUT2D eigenvalue weighted by atomic mass is 35.5. The van der Waals surface area contributed by atoms with E-state index in [9.17, 15) is 0 Å². The molecule has 2 nitrogen and oxygen atoms in total. The third-order valence-corrected chi connectivity index (χ3v) is 3.08. The molecule has 1 heterocycles. The summed E-state index contributed by atoms with van der Waals surface area (Å²) < 4.78 is 5.52. The second kappa shape index (κ2) is 5.87. The van der Waals surface area contributed by atoms with E-state index in [2.05, 4.69) is 5.32 Å². The van der Waals surface area contributed by atoms with Gasteiger partial charge in [0.2, 0.25) is 0 Å². The summed E-state index contributed by atoms with van der Waals surface area (Å²) in [5, 5.41) is 4.72. The highest BCUT2D eigenvalue weighted by Crippen LogP contribution is 2.19. The summed E-state index contributed by atoms with van der Waals surface area (Å²) in [4.78, 5) is 0. The van der Waals surface area contributed by atoms with E-state index < -0.39 is 0 Å². The van der Waals surface area contributed by atoms with Gasteiger partial charge in [-0.15, -0.1) is 0 Å². The molecule has 16 heavy (non-hydrogen) atoms. The zero-order valence-electron chi connectivity index (χ0n) is 9.01. The van der Waals surface area contributed by atoms with Crippen molar-refractivity contribution < 1.29 is 4.74 Å². The molecule has 4 heteroatoms. The van der Waals surface area contributed by atoms with Crippen LogP contribution in [0.4, 0.5) is 0 Å². The van der Waals surface area contributed by atoms with Gasteiger partial charge in [0.05, 0.1) is 6.10 Å². The van der Waals surface area contributed by atoms with Gasteiger partial charge in [-0.2, -0.15) is 0 Å². The molecule has 0 saturated carbocycles. The third kappa shape index (κ3) is 3.63. The van der Waals surface area contributed by atoms with Crippen LogP contribution in [0.1, 0.15) is 18.4 Å². The molecule has 0 bridgehead atoms. The van der Waals surface area contributed by atoms with Crippen molar-refractivity contribution >= 4 is 23.2 Å². The van der Waals surface area contributed by atoms with Crippen molar-refractivity contribution in [2.75, 3.05) is 13.2 Å². The second-order valence-electron chi connectivity index (χ2n) is 4.04. The Bertz CT molecular complexity index is 331. The summed E-state index contributed by atoms with van der Waals surface area (Å²) in [5.74, 6) is 0. The quantitative estimate of drug-likeness (QED) is 0.897. The van der Waals surface area contributed by atoms with Gasteiger partial charge in [0.15, 0.2) is 0 Å². The molecular formula is C12H15Cl2NO. The van der Waals surface area contributed by atoms with Crippen LogP contribution in [0, 0.1) is 0 Å². The largest absolute Gasteiger partial charge is 0.377 e. The molecule has 88 valence electrons. The molecule has 1 fully saturated rings. The van der Waals surface area contributed by atoms with Gasteiger partial charge in [0.1, 0.15) is 0 Å². The molecule has 1 aliphatic heterocycles. The Hall–Kier alpha value is -0.280. The van der Waals surface area contributed by atoms with E-state index in [1.54, 1.807) is 6.07 Å². The van der Waals surface area contributed by atoms with Crippen LogP contribution < -0.4 is 5.32 Å². The second-order valence-corrected chi connectivity index (χ2v) is 4.92. The lowest BCUT2D eigenvalue weighted by molar-refractivity contribution is 0.110. The first kappa shape index (κ1) is 12.2. The first-order valence-corrected chi connectivity index (χ1v) is 6.27. The summed E-state index contributed by atoms with van der Waals surface area (Å²) >= 11 is 11.8. The number of rotatable bonds is 4. The first-order chi connectivity index (χ1) is 7.74. The molecule has 1 unspecified atom stereocenters. The molecule has 1 N–H and O–H groups in total. The number of ether oxygens (including phenoxy) is 1. The van der Waals surface area contributed by atoms with Crippen molar-refractivity contribution in [3.63, 3.8) is 0 Å². The van der Waals surface area contributed by atoms with Gasteiger partial charge in [-0.25, -0.2) is 0 Å². The standard InChI is InChI=1S/C12H15Cl2NO/c13-10-4-9(5-11(14)6-10)7-15-8-12-2-1-3-16-12/h4-6,12,15H,1-3,7-8H2. The molecule has 1 saturated heterocycles. The lowest BCUT2D eigenvalue weighted by Gasteiger charge is -2.11. The number of benzene rings is 1. The lowest BCUT2D eigenvalue weighted by Crippen LogP contribution is -2.25. The SMILES string of the molecule is Clc1cc(Cl)cc(CNCC2CCCO2)c1. The predicted molar refractivity (Wildman–Crippen MR) is 67.1 cm³/mol. The average Bonchev–Trinajstić information content (AvgIpc) is 2.69. The maximum absolute atomic E-state index is 5.92. The van der Waals surface area contributed by atoms with Crippen LogP contribution in [0.15, 0.2) is 18.2 Å². The maximum atomic E-state index is 5.92. The Kier molecular flexibility index (Phi) is 4.47. The van der Waals surface area contributed by atoms with Crippen LogP contribution in [-0.2, 0) is 11.3 Å². The van der Waals surface area contributed by atoms with Gasteiger partial charge in [0.25, 0.3) is 0 Å². The molecule has 0 aromatic heterocycles. The van der Waals surface area contributed by atoms with E-state index in [1.807, 2.05) is 12.1 Å². The van der Waals surface area contributed by atoms with E-state index in [1.165, 1.54) is 6.42 Å². The van der Waals surface area contributed by atoms with Crippen molar-refractivity contribution in [2.45, 2.75) is 25.5 Å². The molecule has 2 rings (SSSR count). The van der Waals surface area contributed by atoms with Crippen LogP contribution >= 0.6 is 23.2 Å². The van der Waals surface area contributed by atoms with Crippen molar-refractivity contribution in [3.8, 4) is 0 Å². The number of halogens is 2. The molecular weight excluding hydrogens is 245 g/mol. The Labute approximate surface area is 106 Å². The Morgan fingerprint density at radius 3 is 2.62 bits per heavy atom. The molecule has 0 radical (unpaired) electrons. The van der Waals surface area contributed by atoms with Gasteiger partial charge in [-0.3, -0.25) is 0 Å². The van der Waals surface area contributed by atoms with Gasteiger partial charge in [-0.05, 0) is 36.6 Å². The zero-order chi connectivity index (χ0) is 11.4. The summed E-state index contributed by atoms with van der Waals surface area (Å²) in [7, 11) is 0. The monoisotopic (exact) mass is 259 g/mol. The van der Waals surface area contributed by atoms with Crippen molar-refractivity contribution in [1.29, 1.82) is 0 Å². The van der Waals surface area contributed by atoms with Crippen LogP contribution in [0.3, 0.4) is 0 Å². The van der Waals surface area contributed by atoms with E-state index in [0.29, 0.717) is 16.1 Å². The summed E-state index contributed by atoms with van der Waals surface area (Å²) in [5.41, 5.74) is 1.11. The molecule has 1 aromatic rings. The normalized spacial score (nSPS) is 20.2. The van der Waals surface area contributed by atoms with Crippen LogP contribution in [0.25, 0.3) is 0 Å². The lowest BCUT2D eigenvalue weighted by atomic mass is 10.2. The first-order valence-electron chi connectivity index (χ1n) is 5.51. The third-order valence-electron chi connectivity index (χ3n) is 2.65. The van der Waals surface area contributed by atoms with Crippen molar-refractivity contribution in [2.24, 2.45) is 0 Å². The minimum absolute atomic E-state index is 0.370. The fraction of sp³-hybridized carbons (Fsp3) is 0.500. The molecule has 1 atom stereocenters. The Balaban J connectivity index is 1.80. The smallest absolute Gasteiger partial charge is 0.0700 e. The molecule has 0 amide bonds. The highest BCUT2D eigenvalue weighted by molar-refractivity contribution is 6.34. The van der Waals surface area contributed by atoms with E-state index in [0.717, 1.165) is 31.7 Å². The summed E-state index contributed by atoms with van der Waals surface area (Å²) in [6, 6.07) is 5.60. The van der Waals surface area contributed by atoms with Gasteiger partial charge in [0, 0.05) is 29.7 Å². The van der Waals surface area contributed by atoms with Crippen LogP contribution in [-0.4, -0.2) is 19.3 Å². The van der Waals surface area contributed by atoms with Crippen molar-refractivity contribution in [3.05, 3.63) is 33.8 Å². The zero-order valence-corrected chi connectivity index (χ0v) is 10.5. The van der Waals surface area contributed by atoms with Crippen LogP contribution in [0.5, 0.6) is 0 Å². The minimum Gasteiger partial charge on any atom is -0.377 e. The van der Waals surface area contributed by atoms with Gasteiger partial charge in [-0.1, -0.05) is 23.2 Å². The summed E-state index contributed by atoms with van der Waals surface area (Å²) in [6.45, 7) is 2.57. The molecule has 1 aliphatic rings. The van der Waals surface area contributed by atoms with E-state index in [4.69, 9.17) is 27.9 Å². The van der Waals surface area contributed by atoms with Crippen molar-refractivity contribution in [1.82, 2.24) is 5.32 Å². The molecule has 1 aromatic carbocycles. The van der Waals surface area contributed by atoms with Gasteiger partial charge < -0.3 is 10.1 Å². The predicted octanol–water partition coefficient (Wildman–Crippen LogP) is 3.26. The number of hydrogen-bond donors (Lipinski definition) is 1. The highest BCUT2D eigenvalue weighted by Gasteiger charge is 2.14. The maximum Gasteiger partial charge on any atom is 0.0700 e. The minimum atomic E-state index is 0.370. The number of nitrogens with one attached hydrogen (secondary N) is 1. The van der Waals surface area contributed by atoms with E-state index >= 15 is 0 Å². The topological polar surface area (TPSA) is 21.3 Å². The van der Waals surface area contributed by atoms with E-state index in [-0.39, 0.29) is 0 Å². The Morgan fingerprint density at radius 2 is 2.00 bits per heavy atom. The average molecular weight is 260 g/mol. The fourth-order valence-corrected chi connectivity index (χ4v) is 2.47.